The molecule has 0 N–H and O–H groups in total. The molecular formula is C10H16N2O2. The number of hydrogen-bond acceptors (Lipinski definition) is 3. The molecule has 14 heavy (non-hydrogen) atoms. The molecular weight excluding hydrogens is 180 g/mol. The molecule has 0 aromatic heterocycles. The first-order valence-electron chi connectivity index (χ1n) is 5.42. The standard InChI is InChI=1S/C10H16N2O2/c1-7(13)12-6-8-5-11-4-2-3-9(14-8)10(11)12/h8-10H,2-6H2,1H3/t8?,9-,10?/m0/s1. The second-order valence-corrected chi connectivity index (χ2v) is 4.52. The highest BCUT2D eigenvalue weighted by atomic mass is 16.5. The van der Waals surface area contributed by atoms with Crippen LogP contribution in [0.3, 0.4) is 0 Å². The lowest BCUT2D eigenvalue weighted by molar-refractivity contribution is -0.231. The zero-order chi connectivity index (χ0) is 9.71. The summed E-state index contributed by atoms with van der Waals surface area (Å²) in [6, 6.07) is 0. The third-order valence-electron chi connectivity index (χ3n) is 3.57. The van der Waals surface area contributed by atoms with Crippen LogP contribution in [-0.2, 0) is 9.53 Å². The van der Waals surface area contributed by atoms with Crippen LogP contribution in [0.2, 0.25) is 0 Å². The van der Waals surface area contributed by atoms with Crippen molar-refractivity contribution in [2.45, 2.75) is 38.1 Å². The quantitative estimate of drug-likeness (QED) is 0.548. The zero-order valence-corrected chi connectivity index (χ0v) is 8.48. The van der Waals surface area contributed by atoms with E-state index in [9.17, 15) is 4.79 Å². The van der Waals surface area contributed by atoms with E-state index in [1.807, 2.05) is 4.90 Å². The van der Waals surface area contributed by atoms with Crippen molar-refractivity contribution in [2.75, 3.05) is 19.6 Å². The van der Waals surface area contributed by atoms with Crippen LogP contribution in [0.15, 0.2) is 0 Å². The molecule has 4 nitrogen and oxygen atoms in total. The Morgan fingerprint density at radius 1 is 1.43 bits per heavy atom. The van der Waals surface area contributed by atoms with Gasteiger partial charge in [0, 0.05) is 26.6 Å². The molecule has 4 atom stereocenters. The minimum Gasteiger partial charge on any atom is -0.368 e. The molecule has 4 bridgehead atoms. The van der Waals surface area contributed by atoms with Gasteiger partial charge < -0.3 is 9.64 Å². The molecule has 0 saturated carbocycles. The van der Waals surface area contributed by atoms with Gasteiger partial charge in [0.25, 0.3) is 0 Å². The van der Waals surface area contributed by atoms with Crippen molar-refractivity contribution in [3.63, 3.8) is 0 Å². The van der Waals surface area contributed by atoms with Crippen molar-refractivity contribution in [2.24, 2.45) is 0 Å². The molecule has 4 heterocycles. The molecule has 3 unspecified atom stereocenters. The number of carbonyl (C=O) groups excluding carboxylic acids is 1. The van der Waals surface area contributed by atoms with E-state index in [4.69, 9.17) is 4.74 Å². The van der Waals surface area contributed by atoms with E-state index in [1.165, 1.54) is 6.42 Å². The first kappa shape index (κ1) is 8.68. The Balaban J connectivity index is 1.89. The van der Waals surface area contributed by atoms with Crippen molar-refractivity contribution in [3.05, 3.63) is 0 Å². The van der Waals surface area contributed by atoms with Crippen molar-refractivity contribution in [1.29, 1.82) is 0 Å². The summed E-state index contributed by atoms with van der Waals surface area (Å²) in [4.78, 5) is 15.9. The van der Waals surface area contributed by atoms with E-state index in [2.05, 4.69) is 4.90 Å². The van der Waals surface area contributed by atoms with E-state index >= 15 is 0 Å². The Morgan fingerprint density at radius 2 is 2.29 bits per heavy atom. The Bertz CT molecular complexity index is 255. The lowest BCUT2D eigenvalue weighted by atomic mass is 9.95. The van der Waals surface area contributed by atoms with Crippen LogP contribution in [0.5, 0.6) is 0 Å². The van der Waals surface area contributed by atoms with Gasteiger partial charge in [0.2, 0.25) is 5.91 Å². The number of rotatable bonds is 0. The monoisotopic (exact) mass is 196 g/mol. The van der Waals surface area contributed by atoms with Gasteiger partial charge in [0.1, 0.15) is 6.17 Å². The summed E-state index contributed by atoms with van der Waals surface area (Å²) >= 11 is 0. The van der Waals surface area contributed by atoms with Crippen LogP contribution in [0.4, 0.5) is 0 Å². The minimum atomic E-state index is 0.194. The maximum atomic E-state index is 11.5. The van der Waals surface area contributed by atoms with Gasteiger partial charge in [-0.25, -0.2) is 0 Å². The highest BCUT2D eigenvalue weighted by molar-refractivity contribution is 5.74. The SMILES string of the molecule is CC(=O)N1CC2CN3CCC[C@H](O2)C31. The number of carbonyl (C=O) groups is 1. The van der Waals surface area contributed by atoms with E-state index in [0.717, 1.165) is 26.1 Å². The molecule has 78 valence electrons. The van der Waals surface area contributed by atoms with Crippen LogP contribution in [-0.4, -0.2) is 53.7 Å². The summed E-state index contributed by atoms with van der Waals surface area (Å²) < 4.78 is 5.90. The van der Waals surface area contributed by atoms with Crippen LogP contribution in [0.1, 0.15) is 19.8 Å². The fourth-order valence-corrected chi connectivity index (χ4v) is 3.04. The molecule has 4 aliphatic heterocycles. The summed E-state index contributed by atoms with van der Waals surface area (Å²) in [5, 5.41) is 0. The smallest absolute Gasteiger partial charge is 0.220 e. The Hall–Kier alpha value is -0.610. The van der Waals surface area contributed by atoms with Crippen LogP contribution < -0.4 is 0 Å². The molecule has 4 aliphatic rings. The van der Waals surface area contributed by atoms with Gasteiger partial charge in [-0.05, 0) is 12.8 Å². The van der Waals surface area contributed by atoms with Gasteiger partial charge in [-0.2, -0.15) is 0 Å². The van der Waals surface area contributed by atoms with Crippen LogP contribution in [0, 0.1) is 0 Å². The van der Waals surface area contributed by atoms with Gasteiger partial charge in [0.05, 0.1) is 12.2 Å². The topological polar surface area (TPSA) is 32.8 Å². The zero-order valence-electron chi connectivity index (χ0n) is 8.48. The predicted octanol–water partition coefficient (Wildman–Crippen LogP) is 0.0378. The van der Waals surface area contributed by atoms with Crippen molar-refractivity contribution >= 4 is 5.91 Å². The third-order valence-corrected chi connectivity index (χ3v) is 3.57. The van der Waals surface area contributed by atoms with E-state index in [-0.39, 0.29) is 24.3 Å². The molecule has 1 amide bonds. The average molecular weight is 196 g/mol. The summed E-state index contributed by atoms with van der Waals surface area (Å²) in [5.41, 5.74) is 0. The normalized spacial score (nSPS) is 45.4. The van der Waals surface area contributed by atoms with E-state index < -0.39 is 0 Å². The van der Waals surface area contributed by atoms with Gasteiger partial charge >= 0.3 is 0 Å². The molecule has 4 rings (SSSR count). The molecule has 0 aromatic carbocycles. The molecule has 0 radical (unpaired) electrons. The maximum absolute atomic E-state index is 11.5. The van der Waals surface area contributed by atoms with Gasteiger partial charge in [-0.3, -0.25) is 9.69 Å². The fraction of sp³-hybridized carbons (Fsp3) is 0.900. The summed E-state index contributed by atoms with van der Waals surface area (Å²) in [5.74, 6) is 0.194. The number of amides is 1. The molecule has 0 aliphatic carbocycles. The third kappa shape index (κ3) is 1.10. The van der Waals surface area contributed by atoms with E-state index in [1.54, 1.807) is 6.92 Å². The van der Waals surface area contributed by atoms with Crippen molar-refractivity contribution in [3.8, 4) is 0 Å². The Kier molecular flexibility index (Phi) is 1.82. The first-order chi connectivity index (χ1) is 6.75. The number of piperidine rings is 1. The number of hydrogen-bond donors (Lipinski definition) is 0. The lowest BCUT2D eigenvalue weighted by Crippen LogP contribution is -2.72. The molecule has 0 spiro atoms. The number of ether oxygens (including phenoxy) is 1. The highest BCUT2D eigenvalue weighted by Crippen LogP contribution is 2.34. The van der Waals surface area contributed by atoms with Crippen molar-refractivity contribution in [1.82, 2.24) is 9.80 Å². The summed E-state index contributed by atoms with van der Waals surface area (Å²) in [6.45, 7) is 4.61. The van der Waals surface area contributed by atoms with Gasteiger partial charge in [-0.1, -0.05) is 0 Å². The molecule has 4 saturated heterocycles. The number of nitrogens with zero attached hydrogens (tertiary/aromatic N) is 2. The van der Waals surface area contributed by atoms with E-state index in [0.29, 0.717) is 0 Å². The van der Waals surface area contributed by atoms with Crippen molar-refractivity contribution < 1.29 is 9.53 Å². The van der Waals surface area contributed by atoms with Crippen LogP contribution >= 0.6 is 0 Å². The van der Waals surface area contributed by atoms with Gasteiger partial charge in [-0.15, -0.1) is 0 Å². The fourth-order valence-electron chi connectivity index (χ4n) is 3.04. The molecule has 0 aromatic rings. The number of fused-ring (bicyclic) bond motifs is 1. The minimum absolute atomic E-state index is 0.194. The predicted molar refractivity (Wildman–Crippen MR) is 50.6 cm³/mol. The maximum Gasteiger partial charge on any atom is 0.220 e. The lowest BCUT2D eigenvalue weighted by Gasteiger charge is -2.57. The second kappa shape index (κ2) is 2.94. The summed E-state index contributed by atoms with van der Waals surface area (Å²) in [7, 11) is 0. The first-order valence-corrected chi connectivity index (χ1v) is 5.42. The largest absolute Gasteiger partial charge is 0.368 e. The average Bonchev–Trinajstić information content (AvgIpc) is 2.16. The number of morpholine rings is 2. The second-order valence-electron chi connectivity index (χ2n) is 4.52. The highest BCUT2D eigenvalue weighted by Gasteiger charge is 2.48. The van der Waals surface area contributed by atoms with Crippen LogP contribution in [0.25, 0.3) is 0 Å². The molecule has 4 fully saturated rings. The Morgan fingerprint density at radius 3 is 3.00 bits per heavy atom. The summed E-state index contributed by atoms with van der Waals surface area (Å²) in [6.07, 6.45) is 3.10. The Labute approximate surface area is 83.8 Å². The van der Waals surface area contributed by atoms with Gasteiger partial charge in [0.15, 0.2) is 0 Å². The molecule has 4 heteroatoms.